The molecule has 1 aliphatic heterocycles. The minimum absolute atomic E-state index is 0.0139. The number of carbonyl (C=O) groups excluding carboxylic acids is 2. The lowest BCUT2D eigenvalue weighted by Gasteiger charge is -2.53. The fourth-order valence-electron chi connectivity index (χ4n) is 6.14. The van der Waals surface area contributed by atoms with Crippen molar-refractivity contribution in [1.82, 2.24) is 9.88 Å². The highest BCUT2D eigenvalue weighted by atomic mass is 32.2. The van der Waals surface area contributed by atoms with E-state index in [1.165, 1.54) is 16.6 Å². The molecule has 1 saturated carbocycles. The Morgan fingerprint density at radius 3 is 2.78 bits per heavy atom. The lowest BCUT2D eigenvalue weighted by molar-refractivity contribution is -0.144. The van der Waals surface area contributed by atoms with E-state index in [1.54, 1.807) is 11.3 Å². The molecule has 2 heterocycles. The van der Waals surface area contributed by atoms with Gasteiger partial charge in [0.15, 0.2) is 5.13 Å². The van der Waals surface area contributed by atoms with Gasteiger partial charge in [0.1, 0.15) is 0 Å². The predicted octanol–water partition coefficient (Wildman–Crippen LogP) is 3.71. The number of hydrogen-bond donors (Lipinski definition) is 2. The van der Waals surface area contributed by atoms with Gasteiger partial charge in [-0.05, 0) is 42.8 Å². The van der Waals surface area contributed by atoms with Gasteiger partial charge in [0.25, 0.3) is 0 Å². The number of aliphatic hydroxyl groups is 1. The van der Waals surface area contributed by atoms with Gasteiger partial charge in [0.05, 0.1) is 17.6 Å². The molecule has 178 valence electrons. The molecule has 9 heteroatoms. The summed E-state index contributed by atoms with van der Waals surface area (Å²) in [6.45, 7) is 8.11. The summed E-state index contributed by atoms with van der Waals surface area (Å²) >= 11 is 4.98. The Morgan fingerprint density at radius 2 is 2.09 bits per heavy atom. The van der Waals surface area contributed by atoms with Gasteiger partial charge in [0, 0.05) is 41.3 Å². The first-order chi connectivity index (χ1) is 15.2. The van der Waals surface area contributed by atoms with E-state index in [2.05, 4.69) is 19.2 Å². The molecule has 1 aromatic rings. The normalized spacial score (nSPS) is 33.2. The van der Waals surface area contributed by atoms with Crippen molar-refractivity contribution in [3.63, 3.8) is 0 Å². The van der Waals surface area contributed by atoms with Gasteiger partial charge < -0.3 is 15.3 Å². The fraction of sp³-hybridized carbons (Fsp3) is 0.783. The summed E-state index contributed by atoms with van der Waals surface area (Å²) in [5, 5.41) is 15.2. The maximum Gasteiger partial charge on any atom is 0.236 e. The zero-order valence-corrected chi connectivity index (χ0v) is 21.9. The van der Waals surface area contributed by atoms with E-state index in [4.69, 9.17) is 4.98 Å². The summed E-state index contributed by atoms with van der Waals surface area (Å²) in [5.41, 5.74) is 1.00. The van der Waals surface area contributed by atoms with E-state index < -0.39 is 6.10 Å². The van der Waals surface area contributed by atoms with Crippen LogP contribution in [0.4, 0.5) is 5.13 Å². The van der Waals surface area contributed by atoms with Crippen molar-refractivity contribution in [1.29, 1.82) is 0 Å². The van der Waals surface area contributed by atoms with Crippen LogP contribution in [-0.2, 0) is 16.0 Å². The number of hydrogen-bond acceptors (Lipinski definition) is 7. The third-order valence-corrected chi connectivity index (χ3v) is 10.3. The van der Waals surface area contributed by atoms with Crippen LogP contribution in [-0.4, -0.2) is 69.5 Å². The Hall–Kier alpha value is -0.770. The van der Waals surface area contributed by atoms with Crippen LogP contribution in [0.15, 0.2) is 0 Å². The average molecular weight is 498 g/mol. The van der Waals surface area contributed by atoms with E-state index in [0.29, 0.717) is 10.9 Å². The summed E-state index contributed by atoms with van der Waals surface area (Å²) in [7, 11) is 0. The first-order valence-electron chi connectivity index (χ1n) is 11.6. The monoisotopic (exact) mass is 497 g/mol. The fourth-order valence-corrected chi connectivity index (χ4v) is 8.66. The number of nitrogens with one attached hydrogen (secondary N) is 1. The Labute approximate surface area is 203 Å². The van der Waals surface area contributed by atoms with Gasteiger partial charge in [-0.2, -0.15) is 23.5 Å². The number of aliphatic hydroxyl groups excluding tert-OH is 1. The molecule has 1 aromatic heterocycles. The van der Waals surface area contributed by atoms with Gasteiger partial charge in [-0.15, -0.1) is 11.3 Å². The number of aromatic nitrogens is 1. The van der Waals surface area contributed by atoms with Gasteiger partial charge in [-0.1, -0.05) is 20.8 Å². The van der Waals surface area contributed by atoms with Gasteiger partial charge in [-0.3, -0.25) is 9.59 Å². The van der Waals surface area contributed by atoms with E-state index >= 15 is 0 Å². The molecule has 32 heavy (non-hydrogen) atoms. The zero-order valence-electron chi connectivity index (χ0n) is 19.4. The molecular formula is C23H35N3O3S3. The average Bonchev–Trinajstić information content (AvgIpc) is 3.15. The highest BCUT2D eigenvalue weighted by molar-refractivity contribution is 7.99. The van der Waals surface area contributed by atoms with Crippen LogP contribution in [0.1, 0.15) is 50.1 Å². The number of nitrogens with zero attached hydrogens (tertiary/aromatic N) is 2. The van der Waals surface area contributed by atoms with Crippen molar-refractivity contribution in [3.8, 4) is 0 Å². The second kappa shape index (κ2) is 9.84. The van der Waals surface area contributed by atoms with Crippen molar-refractivity contribution in [2.75, 3.05) is 41.9 Å². The molecule has 0 unspecified atom stereocenters. The Kier molecular flexibility index (Phi) is 7.49. The van der Waals surface area contributed by atoms with Crippen molar-refractivity contribution in [2.24, 2.45) is 23.2 Å². The first-order valence-corrected chi connectivity index (χ1v) is 14.9. The molecule has 4 rings (SSSR count). The molecule has 0 spiro atoms. The summed E-state index contributed by atoms with van der Waals surface area (Å²) in [6, 6.07) is 0. The number of amides is 2. The molecule has 0 radical (unpaired) electrons. The van der Waals surface area contributed by atoms with E-state index in [-0.39, 0.29) is 40.9 Å². The maximum absolute atomic E-state index is 13.2. The number of fused-ring (bicyclic) bond motifs is 2. The van der Waals surface area contributed by atoms with Crippen molar-refractivity contribution in [2.45, 2.75) is 52.1 Å². The molecular weight excluding hydrogens is 462 g/mol. The SMILES string of the molecule is CSCC(=O)Nc1nc2c(s1)C[C@@]1(C)CC[C@H]([C@H](C)C(=O)N3CCSCC3)[C@H](O)[C@H]1[C@@H]2C. The molecule has 1 saturated heterocycles. The predicted molar refractivity (Wildman–Crippen MR) is 135 cm³/mol. The molecule has 0 aromatic carbocycles. The first kappa shape index (κ1) is 24.4. The van der Waals surface area contributed by atoms with Crippen LogP contribution < -0.4 is 5.32 Å². The van der Waals surface area contributed by atoms with Crippen LogP contribution in [0, 0.1) is 23.2 Å². The number of rotatable bonds is 5. The summed E-state index contributed by atoms with van der Waals surface area (Å²) in [5.74, 6) is 2.59. The number of thioether (sulfide) groups is 2. The Bertz CT molecular complexity index is 857. The Morgan fingerprint density at radius 1 is 1.38 bits per heavy atom. The lowest BCUT2D eigenvalue weighted by Crippen LogP contribution is -2.54. The summed E-state index contributed by atoms with van der Waals surface area (Å²) < 4.78 is 0. The third-order valence-electron chi connectivity index (χ3n) is 7.80. The summed E-state index contributed by atoms with van der Waals surface area (Å²) in [6.07, 6.45) is 4.15. The Balaban J connectivity index is 1.52. The molecule has 3 aliphatic rings. The second-order valence-corrected chi connectivity index (χ2v) is 13.0. The topological polar surface area (TPSA) is 82.5 Å². The minimum atomic E-state index is -0.522. The lowest BCUT2D eigenvalue weighted by atomic mass is 9.53. The zero-order chi connectivity index (χ0) is 23.0. The van der Waals surface area contributed by atoms with Crippen molar-refractivity contribution >= 4 is 51.8 Å². The maximum atomic E-state index is 13.2. The van der Waals surface area contributed by atoms with Crippen molar-refractivity contribution in [3.05, 3.63) is 10.6 Å². The molecule has 2 fully saturated rings. The molecule has 2 amide bonds. The van der Waals surface area contributed by atoms with Crippen molar-refractivity contribution < 1.29 is 14.7 Å². The molecule has 6 atom stereocenters. The van der Waals surface area contributed by atoms with Gasteiger partial charge >= 0.3 is 0 Å². The largest absolute Gasteiger partial charge is 0.392 e. The smallest absolute Gasteiger partial charge is 0.236 e. The number of anilines is 1. The minimum Gasteiger partial charge on any atom is -0.392 e. The standard InChI is InChI=1S/C23H35N3O3S3/c1-13(21(29)26-7-9-31-10-8-26)15-5-6-23(3)11-16-19(14(2)18(23)20(15)28)25-22(32-16)24-17(27)12-30-4/h13-15,18,20,28H,5-12H2,1-4H3,(H,24,25,27)/t13-,14-,15+,18+,20-,23+/m0/s1. The highest BCUT2D eigenvalue weighted by Gasteiger charge is 2.54. The summed E-state index contributed by atoms with van der Waals surface area (Å²) in [4.78, 5) is 33.2. The highest BCUT2D eigenvalue weighted by Crippen LogP contribution is 2.57. The molecule has 0 bridgehead atoms. The van der Waals surface area contributed by atoms with Crippen LogP contribution in [0.2, 0.25) is 0 Å². The molecule has 2 N–H and O–H groups in total. The van der Waals surface area contributed by atoms with Crippen LogP contribution in [0.5, 0.6) is 0 Å². The number of thiazole rings is 1. The van der Waals surface area contributed by atoms with Gasteiger partial charge in [0.2, 0.25) is 11.8 Å². The van der Waals surface area contributed by atoms with Crippen LogP contribution >= 0.6 is 34.9 Å². The second-order valence-electron chi connectivity index (χ2n) is 9.87. The molecule has 2 aliphatic carbocycles. The van der Waals surface area contributed by atoms with Crippen LogP contribution in [0.25, 0.3) is 0 Å². The van der Waals surface area contributed by atoms with E-state index in [9.17, 15) is 14.7 Å². The van der Waals surface area contributed by atoms with Gasteiger partial charge in [-0.25, -0.2) is 4.98 Å². The number of carbonyl (C=O) groups is 2. The molecule has 6 nitrogen and oxygen atoms in total. The van der Waals surface area contributed by atoms with Crippen LogP contribution in [0.3, 0.4) is 0 Å². The third kappa shape index (κ3) is 4.59. The van der Waals surface area contributed by atoms with E-state index in [0.717, 1.165) is 49.6 Å². The quantitative estimate of drug-likeness (QED) is 0.645. The van der Waals surface area contributed by atoms with E-state index in [1.807, 2.05) is 29.8 Å².